The summed E-state index contributed by atoms with van der Waals surface area (Å²) in [4.78, 5) is 50.6. The maximum absolute atomic E-state index is 12.5. The largest absolute Gasteiger partial charge is 0.322 e. The van der Waals surface area contributed by atoms with Crippen molar-refractivity contribution in [3.05, 3.63) is 66.5 Å². The highest BCUT2D eigenvalue weighted by Crippen LogP contribution is 2.24. The average Bonchev–Trinajstić information content (AvgIpc) is 3.30. The number of benzene rings is 1. The van der Waals surface area contributed by atoms with E-state index in [-0.39, 0.29) is 0 Å². The van der Waals surface area contributed by atoms with Gasteiger partial charge < -0.3 is 5.32 Å². The Balaban J connectivity index is 1.49. The van der Waals surface area contributed by atoms with Crippen LogP contribution in [0, 0.1) is 0 Å². The molecule has 0 aliphatic carbocycles. The standard InChI is InChI=1S/C18H14N6O3/c1-11(24-16(26)13-4-2-3-5-14(13)17(24)27)15(25)22-12-8-20-18(21-9-12)23-7-6-19-10-23/h2-11H,1H3,(H,22,25). The number of hydrogen-bond donors (Lipinski definition) is 1. The van der Waals surface area contributed by atoms with Crippen molar-refractivity contribution in [1.82, 2.24) is 24.4 Å². The first-order valence-corrected chi connectivity index (χ1v) is 8.14. The molecule has 1 unspecified atom stereocenters. The van der Waals surface area contributed by atoms with Gasteiger partial charge in [0.25, 0.3) is 11.8 Å². The van der Waals surface area contributed by atoms with Crippen molar-refractivity contribution in [3.63, 3.8) is 0 Å². The number of amides is 3. The van der Waals surface area contributed by atoms with Gasteiger partial charge in [0, 0.05) is 12.4 Å². The highest BCUT2D eigenvalue weighted by molar-refractivity contribution is 6.23. The number of aromatic nitrogens is 4. The van der Waals surface area contributed by atoms with Crippen molar-refractivity contribution in [1.29, 1.82) is 0 Å². The summed E-state index contributed by atoms with van der Waals surface area (Å²) in [7, 11) is 0. The van der Waals surface area contributed by atoms with Gasteiger partial charge in [-0.2, -0.15) is 0 Å². The van der Waals surface area contributed by atoms with E-state index in [9.17, 15) is 14.4 Å². The molecule has 9 heteroatoms. The number of anilines is 1. The van der Waals surface area contributed by atoms with Gasteiger partial charge in [-0.3, -0.25) is 23.9 Å². The second-order valence-electron chi connectivity index (χ2n) is 5.93. The number of hydrogen-bond acceptors (Lipinski definition) is 6. The second-order valence-corrected chi connectivity index (χ2v) is 5.93. The number of fused-ring (bicyclic) bond motifs is 1. The van der Waals surface area contributed by atoms with Crippen LogP contribution < -0.4 is 5.32 Å². The first-order chi connectivity index (χ1) is 13.1. The Hall–Kier alpha value is -3.88. The zero-order valence-electron chi connectivity index (χ0n) is 14.2. The lowest BCUT2D eigenvalue weighted by atomic mass is 10.1. The summed E-state index contributed by atoms with van der Waals surface area (Å²) in [6, 6.07) is 5.52. The second kappa shape index (κ2) is 6.45. The summed E-state index contributed by atoms with van der Waals surface area (Å²) in [6.45, 7) is 1.50. The monoisotopic (exact) mass is 362 g/mol. The van der Waals surface area contributed by atoms with Gasteiger partial charge in [0.05, 0.1) is 29.2 Å². The molecule has 1 N–H and O–H groups in total. The number of carbonyl (C=O) groups is 3. The molecule has 0 saturated heterocycles. The predicted molar refractivity (Wildman–Crippen MR) is 94.2 cm³/mol. The lowest BCUT2D eigenvalue weighted by Gasteiger charge is -2.21. The molecule has 3 heterocycles. The first kappa shape index (κ1) is 16.6. The van der Waals surface area contributed by atoms with E-state index >= 15 is 0 Å². The molecule has 3 aromatic rings. The number of carbonyl (C=O) groups excluding carboxylic acids is 3. The summed E-state index contributed by atoms with van der Waals surface area (Å²) in [5, 5.41) is 2.62. The molecule has 27 heavy (non-hydrogen) atoms. The molecule has 0 bridgehead atoms. The predicted octanol–water partition coefficient (Wildman–Crippen LogP) is 1.29. The molecule has 0 spiro atoms. The molecular formula is C18H14N6O3. The fourth-order valence-corrected chi connectivity index (χ4v) is 2.82. The lowest BCUT2D eigenvalue weighted by molar-refractivity contribution is -0.119. The van der Waals surface area contributed by atoms with E-state index < -0.39 is 23.8 Å². The van der Waals surface area contributed by atoms with E-state index in [0.717, 1.165) is 4.90 Å². The topological polar surface area (TPSA) is 110 Å². The third-order valence-corrected chi connectivity index (χ3v) is 4.23. The third-order valence-electron chi connectivity index (χ3n) is 4.23. The normalized spacial score (nSPS) is 14.2. The fourth-order valence-electron chi connectivity index (χ4n) is 2.82. The van der Waals surface area contributed by atoms with Crippen LogP contribution in [0.3, 0.4) is 0 Å². The number of nitrogens with one attached hydrogen (secondary N) is 1. The number of nitrogens with zero attached hydrogens (tertiary/aromatic N) is 5. The molecule has 134 valence electrons. The number of imidazole rings is 1. The molecule has 0 saturated carbocycles. The molecule has 0 radical (unpaired) electrons. The van der Waals surface area contributed by atoms with Crippen LogP contribution in [0.2, 0.25) is 0 Å². The maximum Gasteiger partial charge on any atom is 0.262 e. The molecule has 3 amide bonds. The van der Waals surface area contributed by atoms with Gasteiger partial charge in [-0.15, -0.1) is 0 Å². The van der Waals surface area contributed by atoms with Gasteiger partial charge in [0.15, 0.2) is 0 Å². The van der Waals surface area contributed by atoms with Crippen molar-refractivity contribution >= 4 is 23.4 Å². The summed E-state index contributed by atoms with van der Waals surface area (Å²) < 4.78 is 1.62. The molecule has 1 atom stereocenters. The highest BCUT2D eigenvalue weighted by atomic mass is 16.2. The molecule has 1 aromatic carbocycles. The fraction of sp³-hybridized carbons (Fsp3) is 0.111. The van der Waals surface area contributed by atoms with Gasteiger partial charge in [0.1, 0.15) is 12.4 Å². The van der Waals surface area contributed by atoms with E-state index in [1.165, 1.54) is 19.3 Å². The number of rotatable bonds is 4. The Labute approximate surface area is 153 Å². The maximum atomic E-state index is 12.5. The van der Waals surface area contributed by atoms with Crippen LogP contribution in [0.5, 0.6) is 0 Å². The Kier molecular flexibility index (Phi) is 3.96. The summed E-state index contributed by atoms with van der Waals surface area (Å²) in [5.41, 5.74) is 0.956. The average molecular weight is 362 g/mol. The van der Waals surface area contributed by atoms with E-state index in [2.05, 4.69) is 20.3 Å². The molecule has 4 rings (SSSR count). The molecule has 9 nitrogen and oxygen atoms in total. The van der Waals surface area contributed by atoms with Crippen molar-refractivity contribution in [3.8, 4) is 5.95 Å². The van der Waals surface area contributed by atoms with Crippen LogP contribution in [-0.4, -0.2) is 48.2 Å². The van der Waals surface area contributed by atoms with Crippen LogP contribution in [-0.2, 0) is 4.79 Å². The minimum Gasteiger partial charge on any atom is -0.322 e. The Morgan fingerprint density at radius 2 is 1.70 bits per heavy atom. The number of imide groups is 1. The van der Waals surface area contributed by atoms with Gasteiger partial charge in [-0.05, 0) is 19.1 Å². The minimum atomic E-state index is -0.981. The van der Waals surface area contributed by atoms with Crippen LogP contribution in [0.4, 0.5) is 5.69 Å². The smallest absolute Gasteiger partial charge is 0.262 e. The van der Waals surface area contributed by atoms with E-state index in [4.69, 9.17) is 0 Å². The summed E-state index contributed by atoms with van der Waals surface area (Å²) in [6.07, 6.45) is 7.73. The van der Waals surface area contributed by atoms with Crippen LogP contribution in [0.25, 0.3) is 5.95 Å². The van der Waals surface area contributed by atoms with Gasteiger partial charge in [-0.1, -0.05) is 12.1 Å². The van der Waals surface area contributed by atoms with Crippen LogP contribution in [0.15, 0.2) is 55.4 Å². The van der Waals surface area contributed by atoms with E-state index in [1.807, 2.05) is 0 Å². The third kappa shape index (κ3) is 2.84. The Morgan fingerprint density at radius 3 is 2.26 bits per heavy atom. The summed E-state index contributed by atoms with van der Waals surface area (Å²) >= 11 is 0. The van der Waals surface area contributed by atoms with Gasteiger partial charge >= 0.3 is 0 Å². The Morgan fingerprint density at radius 1 is 1.07 bits per heavy atom. The molecule has 1 aliphatic rings. The Bertz CT molecular complexity index is 995. The zero-order chi connectivity index (χ0) is 19.0. The van der Waals surface area contributed by atoms with Crippen LogP contribution >= 0.6 is 0 Å². The van der Waals surface area contributed by atoms with E-state index in [0.29, 0.717) is 22.8 Å². The highest BCUT2D eigenvalue weighted by Gasteiger charge is 2.40. The summed E-state index contributed by atoms with van der Waals surface area (Å²) in [5.74, 6) is -1.07. The zero-order valence-corrected chi connectivity index (χ0v) is 14.2. The molecular weight excluding hydrogens is 348 g/mol. The van der Waals surface area contributed by atoms with Crippen molar-refractivity contribution in [2.75, 3.05) is 5.32 Å². The van der Waals surface area contributed by atoms with Crippen molar-refractivity contribution < 1.29 is 14.4 Å². The first-order valence-electron chi connectivity index (χ1n) is 8.14. The lowest BCUT2D eigenvalue weighted by Crippen LogP contribution is -2.45. The van der Waals surface area contributed by atoms with Crippen molar-refractivity contribution in [2.24, 2.45) is 0 Å². The quantitative estimate of drug-likeness (QED) is 0.700. The molecule has 0 fully saturated rings. The van der Waals surface area contributed by atoms with Gasteiger partial charge in [0.2, 0.25) is 11.9 Å². The molecule has 1 aliphatic heterocycles. The molecule has 2 aromatic heterocycles. The van der Waals surface area contributed by atoms with E-state index in [1.54, 1.807) is 47.6 Å². The van der Waals surface area contributed by atoms with Crippen molar-refractivity contribution in [2.45, 2.75) is 13.0 Å². The SMILES string of the molecule is CC(C(=O)Nc1cnc(-n2ccnc2)nc1)N1C(=O)c2ccccc2C1=O. The van der Waals surface area contributed by atoms with Crippen LogP contribution in [0.1, 0.15) is 27.6 Å². The minimum absolute atomic E-state index is 0.301. The van der Waals surface area contributed by atoms with Gasteiger partial charge in [-0.25, -0.2) is 15.0 Å².